The zero-order chi connectivity index (χ0) is 13.2. The van der Waals surface area contributed by atoms with Crippen LogP contribution in [-0.2, 0) is 0 Å². The number of nitrogens with zero attached hydrogens (tertiary/aromatic N) is 1. The summed E-state index contributed by atoms with van der Waals surface area (Å²) in [7, 11) is 0. The minimum Gasteiger partial charge on any atom is -0.310 e. The number of rotatable bonds is 2. The van der Waals surface area contributed by atoms with E-state index in [1.165, 1.54) is 64.6 Å². The summed E-state index contributed by atoms with van der Waals surface area (Å²) >= 11 is 0. The van der Waals surface area contributed by atoms with Gasteiger partial charge in [-0.05, 0) is 49.9 Å². The summed E-state index contributed by atoms with van der Waals surface area (Å²) in [5, 5.41) is 3.99. The van der Waals surface area contributed by atoms with Crippen LogP contribution in [0.25, 0.3) is 0 Å². The Morgan fingerprint density at radius 3 is 2.47 bits per heavy atom. The van der Waals surface area contributed by atoms with Crippen molar-refractivity contribution in [3.05, 3.63) is 0 Å². The van der Waals surface area contributed by atoms with E-state index in [1.807, 2.05) is 0 Å². The Labute approximate surface area is 119 Å². The average molecular weight is 264 g/mol. The highest BCUT2D eigenvalue weighted by atomic mass is 15.2. The molecule has 2 nitrogen and oxygen atoms in total. The lowest BCUT2D eigenvalue weighted by Crippen LogP contribution is -2.54. The number of piperidine rings is 2. The first-order valence-corrected chi connectivity index (χ1v) is 8.69. The summed E-state index contributed by atoms with van der Waals surface area (Å²) < 4.78 is 0. The number of hydrogen-bond donors (Lipinski definition) is 1. The molecule has 19 heavy (non-hydrogen) atoms. The zero-order valence-corrected chi connectivity index (χ0v) is 12.9. The van der Waals surface area contributed by atoms with Gasteiger partial charge in [-0.1, -0.05) is 26.7 Å². The molecule has 1 N–H and O–H groups in total. The fourth-order valence-electron chi connectivity index (χ4n) is 4.97. The Morgan fingerprint density at radius 2 is 1.68 bits per heavy atom. The van der Waals surface area contributed by atoms with E-state index in [0.717, 1.165) is 29.8 Å². The van der Waals surface area contributed by atoms with E-state index in [-0.39, 0.29) is 0 Å². The smallest absolute Gasteiger partial charge is 0.0197 e. The summed E-state index contributed by atoms with van der Waals surface area (Å²) in [6.07, 6.45) is 10.2. The minimum absolute atomic E-state index is 0.775. The molecule has 3 rings (SSSR count). The lowest BCUT2D eigenvalue weighted by molar-refractivity contribution is 0.0999. The second-order valence-electron chi connectivity index (χ2n) is 7.76. The van der Waals surface area contributed by atoms with Crippen molar-refractivity contribution in [1.29, 1.82) is 0 Å². The van der Waals surface area contributed by atoms with Crippen molar-refractivity contribution in [2.75, 3.05) is 19.6 Å². The van der Waals surface area contributed by atoms with Gasteiger partial charge in [-0.25, -0.2) is 0 Å². The monoisotopic (exact) mass is 264 g/mol. The van der Waals surface area contributed by atoms with E-state index < -0.39 is 0 Å². The second kappa shape index (κ2) is 6.13. The van der Waals surface area contributed by atoms with Gasteiger partial charge in [-0.3, -0.25) is 0 Å². The highest BCUT2D eigenvalue weighted by Gasteiger charge is 2.33. The Hall–Kier alpha value is -0.0800. The van der Waals surface area contributed by atoms with E-state index in [0.29, 0.717) is 0 Å². The predicted octanol–water partition coefficient (Wildman–Crippen LogP) is 3.28. The van der Waals surface area contributed by atoms with Crippen LogP contribution >= 0.6 is 0 Å². The van der Waals surface area contributed by atoms with Crippen LogP contribution in [0.2, 0.25) is 0 Å². The predicted molar refractivity (Wildman–Crippen MR) is 81.3 cm³/mol. The average Bonchev–Trinajstić information content (AvgIpc) is 2.37. The van der Waals surface area contributed by atoms with Gasteiger partial charge in [-0.2, -0.15) is 0 Å². The van der Waals surface area contributed by atoms with Gasteiger partial charge < -0.3 is 10.2 Å². The molecule has 110 valence electrons. The molecule has 3 aliphatic rings. The van der Waals surface area contributed by atoms with Crippen LogP contribution < -0.4 is 5.32 Å². The van der Waals surface area contributed by atoms with Crippen LogP contribution in [0.3, 0.4) is 0 Å². The van der Waals surface area contributed by atoms with Gasteiger partial charge in [-0.15, -0.1) is 0 Å². The van der Waals surface area contributed by atoms with Gasteiger partial charge in [0.15, 0.2) is 0 Å². The Bertz CT molecular complexity index is 281. The first-order chi connectivity index (χ1) is 9.20. The van der Waals surface area contributed by atoms with Crippen molar-refractivity contribution in [2.45, 2.75) is 70.9 Å². The van der Waals surface area contributed by atoms with Crippen LogP contribution in [-0.4, -0.2) is 36.6 Å². The Balaban J connectivity index is 1.50. The third-order valence-electron chi connectivity index (χ3n) is 5.67. The summed E-state index contributed by atoms with van der Waals surface area (Å²) in [6, 6.07) is 1.63. The standard InChI is InChI=1S/C17H32N2/c1-13-9-14(2)11-19(10-13)12-16-8-7-15-5-3-4-6-17(15)18-16/h13-18H,3-12H2,1-2H3. The van der Waals surface area contributed by atoms with Crippen molar-refractivity contribution in [3.8, 4) is 0 Å². The maximum Gasteiger partial charge on any atom is 0.0197 e. The molecule has 1 aliphatic carbocycles. The molecule has 0 amide bonds. The zero-order valence-electron chi connectivity index (χ0n) is 12.9. The molecule has 0 radical (unpaired) electrons. The lowest BCUT2D eigenvalue weighted by atomic mass is 9.77. The van der Waals surface area contributed by atoms with Gasteiger partial charge in [0.05, 0.1) is 0 Å². The molecule has 1 saturated carbocycles. The van der Waals surface area contributed by atoms with Crippen molar-refractivity contribution in [3.63, 3.8) is 0 Å². The fourth-order valence-corrected chi connectivity index (χ4v) is 4.97. The number of likely N-dealkylation sites (tertiary alicyclic amines) is 1. The highest BCUT2D eigenvalue weighted by molar-refractivity contribution is 4.91. The molecule has 5 atom stereocenters. The molecule has 0 aromatic carbocycles. The quantitative estimate of drug-likeness (QED) is 0.823. The molecular weight excluding hydrogens is 232 g/mol. The van der Waals surface area contributed by atoms with E-state index in [2.05, 4.69) is 24.1 Å². The molecule has 0 spiro atoms. The topological polar surface area (TPSA) is 15.3 Å². The molecule has 2 heterocycles. The maximum atomic E-state index is 3.99. The SMILES string of the molecule is CC1CC(C)CN(CC2CCC3CCCCC3N2)C1. The van der Waals surface area contributed by atoms with Gasteiger partial charge >= 0.3 is 0 Å². The van der Waals surface area contributed by atoms with E-state index >= 15 is 0 Å². The minimum atomic E-state index is 0.775. The Morgan fingerprint density at radius 1 is 0.947 bits per heavy atom. The molecule has 0 bridgehead atoms. The highest BCUT2D eigenvalue weighted by Crippen LogP contribution is 2.32. The molecule has 3 fully saturated rings. The van der Waals surface area contributed by atoms with Gasteiger partial charge in [0.1, 0.15) is 0 Å². The van der Waals surface area contributed by atoms with Crippen LogP contribution in [0.5, 0.6) is 0 Å². The van der Waals surface area contributed by atoms with Crippen molar-refractivity contribution in [1.82, 2.24) is 10.2 Å². The van der Waals surface area contributed by atoms with Crippen LogP contribution in [0.15, 0.2) is 0 Å². The van der Waals surface area contributed by atoms with Crippen molar-refractivity contribution in [2.24, 2.45) is 17.8 Å². The van der Waals surface area contributed by atoms with E-state index in [4.69, 9.17) is 0 Å². The number of hydrogen-bond acceptors (Lipinski definition) is 2. The summed E-state index contributed by atoms with van der Waals surface area (Å²) in [6.45, 7) is 8.81. The summed E-state index contributed by atoms with van der Waals surface area (Å²) in [5.74, 6) is 2.80. The second-order valence-corrected chi connectivity index (χ2v) is 7.76. The van der Waals surface area contributed by atoms with Crippen molar-refractivity contribution < 1.29 is 0 Å². The third-order valence-corrected chi connectivity index (χ3v) is 5.67. The molecule has 5 unspecified atom stereocenters. The third kappa shape index (κ3) is 3.52. The first-order valence-electron chi connectivity index (χ1n) is 8.69. The number of fused-ring (bicyclic) bond motifs is 1. The summed E-state index contributed by atoms with van der Waals surface area (Å²) in [5.41, 5.74) is 0. The maximum absolute atomic E-state index is 3.99. The van der Waals surface area contributed by atoms with Gasteiger partial charge in [0.2, 0.25) is 0 Å². The normalized spacial score (nSPS) is 44.8. The fraction of sp³-hybridized carbons (Fsp3) is 1.00. The van der Waals surface area contributed by atoms with Gasteiger partial charge in [0, 0.05) is 31.7 Å². The molecule has 2 saturated heterocycles. The van der Waals surface area contributed by atoms with E-state index in [1.54, 1.807) is 0 Å². The number of nitrogens with one attached hydrogen (secondary N) is 1. The molecule has 0 aromatic rings. The van der Waals surface area contributed by atoms with Crippen molar-refractivity contribution >= 4 is 0 Å². The molecule has 2 aliphatic heterocycles. The molecule has 0 aromatic heterocycles. The van der Waals surface area contributed by atoms with Gasteiger partial charge in [0.25, 0.3) is 0 Å². The van der Waals surface area contributed by atoms with Crippen LogP contribution in [0.1, 0.15) is 58.8 Å². The van der Waals surface area contributed by atoms with Crippen LogP contribution in [0.4, 0.5) is 0 Å². The Kier molecular flexibility index (Phi) is 4.48. The molecular formula is C17H32N2. The molecule has 2 heteroatoms. The first kappa shape index (κ1) is 13.9. The lowest BCUT2D eigenvalue weighted by Gasteiger charge is -2.43. The van der Waals surface area contributed by atoms with E-state index in [9.17, 15) is 0 Å². The summed E-state index contributed by atoms with van der Waals surface area (Å²) in [4.78, 5) is 2.74. The van der Waals surface area contributed by atoms with Crippen LogP contribution in [0, 0.1) is 17.8 Å². The largest absolute Gasteiger partial charge is 0.310 e.